The van der Waals surface area contributed by atoms with E-state index in [4.69, 9.17) is 16.3 Å². The van der Waals surface area contributed by atoms with E-state index in [2.05, 4.69) is 38.2 Å². The van der Waals surface area contributed by atoms with Crippen LogP contribution in [-0.4, -0.2) is 28.6 Å². The maximum absolute atomic E-state index is 12.5. The van der Waals surface area contributed by atoms with Crippen molar-refractivity contribution in [3.63, 3.8) is 0 Å². The normalized spacial score (nSPS) is 20.7. The van der Waals surface area contributed by atoms with Gasteiger partial charge in [0.05, 0.1) is 5.02 Å². The van der Waals surface area contributed by atoms with E-state index in [9.17, 15) is 9.59 Å². The fraction of sp³-hybridized carbons (Fsp3) is 0.588. The third-order valence-electron chi connectivity index (χ3n) is 3.83. The van der Waals surface area contributed by atoms with Gasteiger partial charge in [0.2, 0.25) is 5.91 Å². The SMILES string of the molecule is CC(C)(C)OC(=O)NC1CCCC(C(=O)Nc2cc(I)c(Cl)cn2)C1. The average molecular weight is 480 g/mol. The molecule has 1 fully saturated rings. The Morgan fingerprint density at radius 3 is 2.72 bits per heavy atom. The Labute approximate surface area is 166 Å². The first-order valence-corrected chi connectivity index (χ1v) is 9.71. The summed E-state index contributed by atoms with van der Waals surface area (Å²) in [5.74, 6) is 0.242. The highest BCUT2D eigenvalue weighted by molar-refractivity contribution is 14.1. The second kappa shape index (κ2) is 8.53. The van der Waals surface area contributed by atoms with Crippen molar-refractivity contribution < 1.29 is 14.3 Å². The number of anilines is 1. The smallest absolute Gasteiger partial charge is 0.407 e. The van der Waals surface area contributed by atoms with Gasteiger partial charge >= 0.3 is 6.09 Å². The molecule has 1 saturated carbocycles. The summed E-state index contributed by atoms with van der Waals surface area (Å²) in [6.07, 6.45) is 4.20. The molecule has 1 aliphatic carbocycles. The quantitative estimate of drug-likeness (QED) is 0.631. The van der Waals surface area contributed by atoms with E-state index < -0.39 is 11.7 Å². The lowest BCUT2D eigenvalue weighted by Crippen LogP contribution is -2.43. The minimum Gasteiger partial charge on any atom is -0.444 e. The minimum atomic E-state index is -0.535. The molecular formula is C17H23ClIN3O3. The Kier molecular flexibility index (Phi) is 6.90. The summed E-state index contributed by atoms with van der Waals surface area (Å²) in [6, 6.07) is 1.68. The Bertz CT molecular complexity index is 649. The summed E-state index contributed by atoms with van der Waals surface area (Å²) < 4.78 is 6.11. The van der Waals surface area contributed by atoms with Crippen molar-refractivity contribution in [2.24, 2.45) is 5.92 Å². The summed E-state index contributed by atoms with van der Waals surface area (Å²) in [5, 5.41) is 6.25. The van der Waals surface area contributed by atoms with Gasteiger partial charge in [-0.15, -0.1) is 0 Å². The molecule has 1 aromatic rings. The lowest BCUT2D eigenvalue weighted by molar-refractivity contribution is -0.121. The Hall–Kier alpha value is -1.09. The number of carbonyl (C=O) groups excluding carboxylic acids is 2. The lowest BCUT2D eigenvalue weighted by Gasteiger charge is -2.30. The zero-order valence-electron chi connectivity index (χ0n) is 14.6. The molecule has 2 amide bonds. The number of alkyl carbamates (subject to hydrolysis) is 1. The number of aromatic nitrogens is 1. The van der Waals surface area contributed by atoms with Crippen LogP contribution in [0.1, 0.15) is 46.5 Å². The first-order valence-electron chi connectivity index (χ1n) is 8.25. The van der Waals surface area contributed by atoms with E-state index in [1.165, 1.54) is 6.20 Å². The van der Waals surface area contributed by atoms with Gasteiger partial charge in [0.15, 0.2) is 0 Å². The molecular weight excluding hydrogens is 457 g/mol. The van der Waals surface area contributed by atoms with Crippen LogP contribution < -0.4 is 10.6 Å². The Morgan fingerprint density at radius 2 is 2.08 bits per heavy atom. The molecule has 8 heteroatoms. The molecule has 138 valence electrons. The van der Waals surface area contributed by atoms with Crippen LogP contribution in [0, 0.1) is 9.49 Å². The highest BCUT2D eigenvalue weighted by Crippen LogP contribution is 2.26. The summed E-state index contributed by atoms with van der Waals surface area (Å²) in [4.78, 5) is 28.5. The zero-order chi connectivity index (χ0) is 18.6. The predicted octanol–water partition coefficient (Wildman–Crippen LogP) is 4.36. The van der Waals surface area contributed by atoms with Crippen LogP contribution >= 0.6 is 34.2 Å². The molecule has 0 bridgehead atoms. The third kappa shape index (κ3) is 6.62. The van der Waals surface area contributed by atoms with E-state index in [0.717, 1.165) is 22.8 Å². The molecule has 2 unspecified atom stereocenters. The number of rotatable bonds is 3. The van der Waals surface area contributed by atoms with Gasteiger partial charge < -0.3 is 15.4 Å². The van der Waals surface area contributed by atoms with Gasteiger partial charge in [-0.05, 0) is 68.7 Å². The topological polar surface area (TPSA) is 80.3 Å². The van der Waals surface area contributed by atoms with Crippen molar-refractivity contribution in [2.45, 2.75) is 58.1 Å². The summed E-state index contributed by atoms with van der Waals surface area (Å²) in [7, 11) is 0. The van der Waals surface area contributed by atoms with Crippen LogP contribution in [0.4, 0.5) is 10.6 Å². The summed E-state index contributed by atoms with van der Waals surface area (Å²) in [5.41, 5.74) is -0.535. The third-order valence-corrected chi connectivity index (χ3v) is 5.34. The van der Waals surface area contributed by atoms with Crippen LogP contribution in [0.15, 0.2) is 12.3 Å². The van der Waals surface area contributed by atoms with Crippen molar-refractivity contribution in [3.8, 4) is 0 Å². The highest BCUT2D eigenvalue weighted by atomic mass is 127. The van der Waals surface area contributed by atoms with Crippen LogP contribution in [0.2, 0.25) is 5.02 Å². The number of halogens is 2. The number of ether oxygens (including phenoxy) is 1. The molecule has 2 N–H and O–H groups in total. The van der Waals surface area contributed by atoms with Crippen molar-refractivity contribution >= 4 is 52.0 Å². The number of pyridine rings is 1. The largest absolute Gasteiger partial charge is 0.444 e. The fourth-order valence-electron chi connectivity index (χ4n) is 2.74. The van der Waals surface area contributed by atoms with Crippen molar-refractivity contribution in [3.05, 3.63) is 20.9 Å². The van der Waals surface area contributed by atoms with E-state index in [-0.39, 0.29) is 17.9 Å². The van der Waals surface area contributed by atoms with Gasteiger partial charge in [0, 0.05) is 21.7 Å². The van der Waals surface area contributed by atoms with Crippen molar-refractivity contribution in [2.75, 3.05) is 5.32 Å². The summed E-state index contributed by atoms with van der Waals surface area (Å²) >= 11 is 8.04. The minimum absolute atomic E-state index is 0.0577. The molecule has 6 nitrogen and oxygen atoms in total. The number of nitrogens with one attached hydrogen (secondary N) is 2. The molecule has 2 rings (SSSR count). The molecule has 0 aromatic carbocycles. The van der Waals surface area contributed by atoms with Crippen LogP contribution in [0.3, 0.4) is 0 Å². The second-order valence-electron chi connectivity index (χ2n) is 7.18. The molecule has 0 aliphatic heterocycles. The van der Waals surface area contributed by atoms with E-state index in [1.54, 1.807) is 6.07 Å². The van der Waals surface area contributed by atoms with E-state index in [0.29, 0.717) is 17.3 Å². The maximum atomic E-state index is 12.5. The van der Waals surface area contributed by atoms with Gasteiger partial charge in [0.1, 0.15) is 11.4 Å². The van der Waals surface area contributed by atoms with Gasteiger partial charge in [-0.3, -0.25) is 4.79 Å². The van der Waals surface area contributed by atoms with Gasteiger partial charge in [-0.1, -0.05) is 18.0 Å². The molecule has 0 radical (unpaired) electrons. The molecule has 25 heavy (non-hydrogen) atoms. The first-order chi connectivity index (χ1) is 11.6. The maximum Gasteiger partial charge on any atom is 0.407 e. The number of hydrogen-bond donors (Lipinski definition) is 2. The van der Waals surface area contributed by atoms with Gasteiger partial charge in [-0.2, -0.15) is 0 Å². The molecule has 1 aromatic heterocycles. The van der Waals surface area contributed by atoms with E-state index >= 15 is 0 Å². The molecule has 0 saturated heterocycles. The van der Waals surface area contributed by atoms with Crippen molar-refractivity contribution in [1.82, 2.24) is 10.3 Å². The first kappa shape index (κ1) is 20.2. The summed E-state index contributed by atoms with van der Waals surface area (Å²) in [6.45, 7) is 5.47. The molecule has 2 atom stereocenters. The second-order valence-corrected chi connectivity index (χ2v) is 8.75. The highest BCUT2D eigenvalue weighted by Gasteiger charge is 2.29. The monoisotopic (exact) mass is 479 g/mol. The number of hydrogen-bond acceptors (Lipinski definition) is 4. The van der Waals surface area contributed by atoms with E-state index in [1.807, 2.05) is 20.8 Å². The average Bonchev–Trinajstić information content (AvgIpc) is 2.49. The van der Waals surface area contributed by atoms with Gasteiger partial charge in [0.25, 0.3) is 0 Å². The molecule has 0 spiro atoms. The van der Waals surface area contributed by atoms with Crippen molar-refractivity contribution in [1.29, 1.82) is 0 Å². The van der Waals surface area contributed by atoms with Crippen LogP contribution in [0.25, 0.3) is 0 Å². The lowest BCUT2D eigenvalue weighted by atomic mass is 9.85. The molecule has 1 aliphatic rings. The standard InChI is InChI=1S/C17H23ClIN3O3/c1-17(2,3)25-16(24)21-11-6-4-5-10(7-11)15(23)22-14-8-13(19)12(18)9-20-14/h8-11H,4-7H2,1-3H3,(H,21,24)(H,20,22,23). The van der Waals surface area contributed by atoms with Crippen LogP contribution in [-0.2, 0) is 9.53 Å². The zero-order valence-corrected chi connectivity index (χ0v) is 17.5. The Balaban J connectivity index is 1.90. The number of nitrogens with zero attached hydrogens (tertiary/aromatic N) is 1. The van der Waals surface area contributed by atoms with Gasteiger partial charge in [-0.25, -0.2) is 9.78 Å². The number of carbonyl (C=O) groups is 2. The predicted molar refractivity (Wildman–Crippen MR) is 106 cm³/mol. The fourth-order valence-corrected chi connectivity index (χ4v) is 3.28. The molecule has 1 heterocycles. The Morgan fingerprint density at radius 1 is 1.36 bits per heavy atom. The van der Waals surface area contributed by atoms with Crippen LogP contribution in [0.5, 0.6) is 0 Å². The number of amides is 2.